The molecule has 0 aromatic heterocycles. The van der Waals surface area contributed by atoms with Crippen molar-refractivity contribution < 1.29 is 30.0 Å². The van der Waals surface area contributed by atoms with E-state index in [1.54, 1.807) is 24.3 Å². The molecule has 0 fully saturated rings. The minimum absolute atomic E-state index is 0.0243. The van der Waals surface area contributed by atoms with Gasteiger partial charge >= 0.3 is 11.9 Å². The molecule has 0 saturated carbocycles. The molecule has 24 heavy (non-hydrogen) atoms. The van der Waals surface area contributed by atoms with Gasteiger partial charge in [-0.1, -0.05) is 36.4 Å². The van der Waals surface area contributed by atoms with Crippen LogP contribution < -0.4 is 0 Å². The zero-order valence-electron chi connectivity index (χ0n) is 12.9. The van der Waals surface area contributed by atoms with Crippen LogP contribution in [0.2, 0.25) is 0 Å². The van der Waals surface area contributed by atoms with Gasteiger partial charge < -0.3 is 20.4 Å². The summed E-state index contributed by atoms with van der Waals surface area (Å²) in [6.07, 6.45) is 3.09. The minimum atomic E-state index is -1.01. The summed E-state index contributed by atoms with van der Waals surface area (Å²) in [6.45, 7) is 0. The lowest BCUT2D eigenvalue weighted by Gasteiger charge is -2.14. The van der Waals surface area contributed by atoms with Crippen molar-refractivity contribution in [3.63, 3.8) is 0 Å². The van der Waals surface area contributed by atoms with E-state index in [-0.39, 0.29) is 30.8 Å². The zero-order valence-corrected chi connectivity index (χ0v) is 12.9. The number of aromatic hydroxyl groups is 2. The van der Waals surface area contributed by atoms with E-state index in [0.29, 0.717) is 28.3 Å². The van der Waals surface area contributed by atoms with Crippen LogP contribution in [0.15, 0.2) is 30.3 Å². The molecule has 0 heterocycles. The lowest BCUT2D eigenvalue weighted by molar-refractivity contribution is -0.137. The summed E-state index contributed by atoms with van der Waals surface area (Å²) in [7, 11) is 0. The topological polar surface area (TPSA) is 115 Å². The summed E-state index contributed by atoms with van der Waals surface area (Å²) < 4.78 is 0. The molecule has 6 nitrogen and oxygen atoms in total. The molecule has 4 N–H and O–H groups in total. The Kier molecular flexibility index (Phi) is 5.42. The van der Waals surface area contributed by atoms with Gasteiger partial charge in [-0.05, 0) is 12.8 Å². The Hall–Kier alpha value is -3.02. The Bertz CT molecular complexity index is 807. The number of carboxylic acid groups (broad SMARTS) is 2. The van der Waals surface area contributed by atoms with Crippen molar-refractivity contribution in [2.45, 2.75) is 25.7 Å². The van der Waals surface area contributed by atoms with E-state index in [0.717, 1.165) is 0 Å². The molecule has 0 saturated heterocycles. The average molecular weight is 330 g/mol. The monoisotopic (exact) mass is 330 g/mol. The summed E-state index contributed by atoms with van der Waals surface area (Å²) in [5.74, 6) is -2.04. The first kappa shape index (κ1) is 17.3. The van der Waals surface area contributed by atoms with E-state index in [1.165, 1.54) is 12.2 Å². The molecule has 0 spiro atoms. The van der Waals surface area contributed by atoms with Gasteiger partial charge in [-0.2, -0.15) is 0 Å². The third-order valence-electron chi connectivity index (χ3n) is 3.70. The Morgan fingerprint density at radius 3 is 2.17 bits per heavy atom. The lowest BCUT2D eigenvalue weighted by Crippen LogP contribution is -1.99. The van der Waals surface area contributed by atoms with E-state index < -0.39 is 11.9 Å². The van der Waals surface area contributed by atoms with Gasteiger partial charge in [-0.15, -0.1) is 0 Å². The molecular weight excluding hydrogens is 312 g/mol. The first-order chi connectivity index (χ1) is 11.4. The van der Waals surface area contributed by atoms with Crippen molar-refractivity contribution in [2.24, 2.45) is 0 Å². The highest BCUT2D eigenvalue weighted by Crippen LogP contribution is 2.41. The summed E-state index contributed by atoms with van der Waals surface area (Å²) in [5, 5.41) is 39.4. The van der Waals surface area contributed by atoms with E-state index in [2.05, 4.69) is 0 Å². The van der Waals surface area contributed by atoms with Crippen LogP contribution in [0.3, 0.4) is 0 Å². The Labute approximate surface area is 138 Å². The first-order valence-corrected chi connectivity index (χ1v) is 7.47. The highest BCUT2D eigenvalue weighted by atomic mass is 16.4. The number of phenolic OH excluding ortho intramolecular Hbond substituents is 2. The molecule has 2 aromatic rings. The van der Waals surface area contributed by atoms with Crippen molar-refractivity contribution >= 4 is 28.8 Å². The van der Waals surface area contributed by atoms with Crippen molar-refractivity contribution in [1.82, 2.24) is 0 Å². The van der Waals surface area contributed by atoms with Crippen LogP contribution >= 0.6 is 0 Å². The van der Waals surface area contributed by atoms with Crippen molar-refractivity contribution in [3.8, 4) is 11.5 Å². The second-order valence-corrected chi connectivity index (χ2v) is 5.38. The third-order valence-corrected chi connectivity index (χ3v) is 3.70. The molecule has 0 unspecified atom stereocenters. The van der Waals surface area contributed by atoms with Gasteiger partial charge in [0, 0.05) is 28.3 Å². The van der Waals surface area contributed by atoms with Gasteiger partial charge in [0.25, 0.3) is 0 Å². The highest BCUT2D eigenvalue weighted by Gasteiger charge is 2.17. The maximum Gasteiger partial charge on any atom is 0.307 e. The van der Waals surface area contributed by atoms with Crippen molar-refractivity contribution in [1.29, 1.82) is 0 Å². The number of aliphatic carboxylic acids is 2. The zero-order chi connectivity index (χ0) is 17.7. The molecule has 0 aliphatic rings. The fourth-order valence-electron chi connectivity index (χ4n) is 2.60. The molecule has 0 amide bonds. The van der Waals surface area contributed by atoms with Crippen LogP contribution in [0, 0.1) is 0 Å². The van der Waals surface area contributed by atoms with Gasteiger partial charge in [0.15, 0.2) is 0 Å². The summed E-state index contributed by atoms with van der Waals surface area (Å²) in [5.41, 5.74) is 0.729. The standard InChI is InChI=1S/C18H18O6/c19-15(20)9-3-7-13-14(8-4-10-16(21)22)18(24)12-6-2-1-5-11(12)17(13)23/h1-3,5-7,23-24H,4,8-10H2,(H,19,20)(H,21,22)/b7-3+. The second-order valence-electron chi connectivity index (χ2n) is 5.38. The largest absolute Gasteiger partial charge is 0.507 e. The summed E-state index contributed by atoms with van der Waals surface area (Å²) in [4.78, 5) is 21.4. The fraction of sp³-hybridized carbons (Fsp3) is 0.222. The predicted molar refractivity (Wildman–Crippen MR) is 89.1 cm³/mol. The maximum atomic E-state index is 10.7. The number of carboxylic acids is 2. The van der Waals surface area contributed by atoms with E-state index in [4.69, 9.17) is 10.2 Å². The molecule has 0 atom stereocenters. The van der Waals surface area contributed by atoms with Gasteiger partial charge in [-0.25, -0.2) is 0 Å². The number of fused-ring (bicyclic) bond motifs is 1. The Morgan fingerprint density at radius 1 is 0.958 bits per heavy atom. The summed E-state index contributed by atoms with van der Waals surface area (Å²) >= 11 is 0. The molecule has 6 heteroatoms. The molecular formula is C18H18O6. The Morgan fingerprint density at radius 2 is 1.58 bits per heavy atom. The lowest BCUT2D eigenvalue weighted by atomic mass is 9.94. The molecule has 0 bridgehead atoms. The molecule has 0 aliphatic carbocycles. The molecule has 0 radical (unpaired) electrons. The first-order valence-electron chi connectivity index (χ1n) is 7.47. The van der Waals surface area contributed by atoms with Crippen LogP contribution in [0.4, 0.5) is 0 Å². The van der Waals surface area contributed by atoms with Gasteiger partial charge in [0.2, 0.25) is 0 Å². The van der Waals surface area contributed by atoms with E-state index in [1.807, 2.05) is 0 Å². The van der Waals surface area contributed by atoms with Gasteiger partial charge in [-0.3, -0.25) is 9.59 Å². The van der Waals surface area contributed by atoms with Crippen LogP contribution in [-0.2, 0) is 16.0 Å². The van der Waals surface area contributed by atoms with Crippen molar-refractivity contribution in [2.75, 3.05) is 0 Å². The highest BCUT2D eigenvalue weighted by molar-refractivity contribution is 5.97. The van der Waals surface area contributed by atoms with Crippen LogP contribution in [0.5, 0.6) is 11.5 Å². The fourth-order valence-corrected chi connectivity index (χ4v) is 2.60. The summed E-state index contributed by atoms with van der Waals surface area (Å²) in [6, 6.07) is 6.76. The number of carbonyl (C=O) groups is 2. The number of benzene rings is 2. The second kappa shape index (κ2) is 7.50. The smallest absolute Gasteiger partial charge is 0.307 e. The normalized spacial score (nSPS) is 11.2. The molecule has 2 aromatic carbocycles. The number of phenols is 2. The average Bonchev–Trinajstić information content (AvgIpc) is 2.54. The SMILES string of the molecule is O=C(O)C/C=C/c1c(CCCC(=O)O)c(O)c2ccccc2c1O. The number of hydrogen-bond donors (Lipinski definition) is 4. The van der Waals surface area contributed by atoms with E-state index >= 15 is 0 Å². The van der Waals surface area contributed by atoms with Gasteiger partial charge in [0.05, 0.1) is 6.42 Å². The third kappa shape index (κ3) is 3.84. The Balaban J connectivity index is 2.52. The van der Waals surface area contributed by atoms with Crippen LogP contribution in [0.25, 0.3) is 16.8 Å². The molecule has 126 valence electrons. The van der Waals surface area contributed by atoms with Crippen LogP contribution in [0.1, 0.15) is 30.4 Å². The van der Waals surface area contributed by atoms with Crippen LogP contribution in [-0.4, -0.2) is 32.4 Å². The van der Waals surface area contributed by atoms with Crippen molar-refractivity contribution in [3.05, 3.63) is 41.5 Å². The number of hydrogen-bond acceptors (Lipinski definition) is 4. The minimum Gasteiger partial charge on any atom is -0.507 e. The molecule has 2 rings (SSSR count). The molecule has 0 aliphatic heterocycles. The maximum absolute atomic E-state index is 10.7. The predicted octanol–water partition coefficient (Wildman–Crippen LogP) is 3.15. The number of rotatable bonds is 7. The quantitative estimate of drug-likeness (QED) is 0.580. The van der Waals surface area contributed by atoms with Gasteiger partial charge in [0.1, 0.15) is 11.5 Å². The van der Waals surface area contributed by atoms with E-state index in [9.17, 15) is 19.8 Å².